The molecule has 0 bridgehead atoms. The molecular formula is C14H10Cl2N2O4S. The maximum atomic E-state index is 12.6. The van der Waals surface area contributed by atoms with Gasteiger partial charge in [-0.25, -0.2) is 8.42 Å². The molecule has 0 spiro atoms. The van der Waals surface area contributed by atoms with E-state index in [4.69, 9.17) is 27.9 Å². The second-order valence-corrected chi connectivity index (χ2v) is 7.25. The van der Waals surface area contributed by atoms with E-state index in [1.807, 2.05) is 0 Å². The van der Waals surface area contributed by atoms with Gasteiger partial charge in [0, 0.05) is 15.7 Å². The first kappa shape index (κ1) is 15.9. The fourth-order valence-electron chi connectivity index (χ4n) is 2.06. The molecule has 0 atom stereocenters. The molecule has 2 N–H and O–H groups in total. The van der Waals surface area contributed by atoms with Crippen LogP contribution in [0.3, 0.4) is 0 Å². The van der Waals surface area contributed by atoms with Crippen LogP contribution in [0, 0.1) is 0 Å². The number of sulfonamides is 1. The van der Waals surface area contributed by atoms with Crippen LogP contribution >= 0.6 is 23.2 Å². The predicted molar refractivity (Wildman–Crippen MR) is 87.8 cm³/mol. The number of amides is 1. The Balaban J connectivity index is 2.03. The van der Waals surface area contributed by atoms with Gasteiger partial charge in [-0.15, -0.1) is 0 Å². The van der Waals surface area contributed by atoms with Gasteiger partial charge < -0.3 is 10.1 Å². The van der Waals surface area contributed by atoms with E-state index in [2.05, 4.69) is 10.0 Å². The summed E-state index contributed by atoms with van der Waals surface area (Å²) in [6.07, 6.45) is 0. The van der Waals surface area contributed by atoms with Gasteiger partial charge in [-0.05, 0) is 36.4 Å². The van der Waals surface area contributed by atoms with Crippen molar-refractivity contribution in [2.45, 2.75) is 4.90 Å². The van der Waals surface area contributed by atoms with Crippen molar-refractivity contribution in [3.05, 3.63) is 46.4 Å². The summed E-state index contributed by atoms with van der Waals surface area (Å²) in [5.41, 5.74) is 0.549. The topological polar surface area (TPSA) is 84.5 Å². The smallest absolute Gasteiger partial charge is 0.265 e. The summed E-state index contributed by atoms with van der Waals surface area (Å²) in [6.45, 7) is -0.266. The summed E-state index contributed by atoms with van der Waals surface area (Å²) < 4.78 is 32.9. The van der Waals surface area contributed by atoms with Crippen LogP contribution in [0.15, 0.2) is 41.3 Å². The fraction of sp³-hybridized carbons (Fsp3) is 0.0714. The molecule has 1 aliphatic rings. The molecule has 0 saturated carbocycles. The lowest BCUT2D eigenvalue weighted by atomic mass is 10.2. The van der Waals surface area contributed by atoms with E-state index in [9.17, 15) is 13.2 Å². The normalized spacial score (nSPS) is 13.7. The minimum Gasteiger partial charge on any atom is -0.480 e. The van der Waals surface area contributed by atoms with Crippen molar-refractivity contribution in [2.75, 3.05) is 16.6 Å². The Bertz CT molecular complexity index is 882. The van der Waals surface area contributed by atoms with Gasteiger partial charge in [-0.1, -0.05) is 23.2 Å². The largest absolute Gasteiger partial charge is 0.480 e. The average molecular weight is 373 g/mol. The molecule has 3 rings (SSSR count). The third kappa shape index (κ3) is 3.36. The highest BCUT2D eigenvalue weighted by atomic mass is 35.5. The third-order valence-corrected chi connectivity index (χ3v) is 4.88. The Hall–Kier alpha value is -1.96. The first-order chi connectivity index (χ1) is 10.8. The van der Waals surface area contributed by atoms with E-state index in [1.54, 1.807) is 12.1 Å². The molecule has 0 aromatic heterocycles. The monoisotopic (exact) mass is 372 g/mol. The lowest BCUT2D eigenvalue weighted by Crippen LogP contribution is -2.27. The number of ether oxygens (including phenoxy) is 1. The van der Waals surface area contributed by atoms with Crippen molar-refractivity contribution in [2.24, 2.45) is 0 Å². The standard InChI is InChI=1S/C14H10Cl2N2O4S/c15-8-1-3-10(4-2-8)18-23(20,21)12-6-9(16)5-11-14(12)22-7-13(19)17-11/h1-6,18H,7H2,(H,17,19). The van der Waals surface area contributed by atoms with E-state index in [-0.39, 0.29) is 33.9 Å². The Morgan fingerprint density at radius 1 is 1.09 bits per heavy atom. The minimum atomic E-state index is -3.96. The second-order valence-electron chi connectivity index (χ2n) is 4.73. The Morgan fingerprint density at radius 2 is 1.78 bits per heavy atom. The predicted octanol–water partition coefficient (Wildman–Crippen LogP) is 3.13. The third-order valence-electron chi connectivity index (χ3n) is 3.03. The molecule has 6 nitrogen and oxygen atoms in total. The maximum absolute atomic E-state index is 12.6. The van der Waals surface area contributed by atoms with Crippen LogP contribution in [0.25, 0.3) is 0 Å². The van der Waals surface area contributed by atoms with Crippen LogP contribution in [-0.2, 0) is 14.8 Å². The first-order valence-corrected chi connectivity index (χ1v) is 8.64. The number of carbonyl (C=O) groups is 1. The molecule has 1 aliphatic heterocycles. The Labute approximate surface area is 142 Å². The summed E-state index contributed by atoms with van der Waals surface area (Å²) in [7, 11) is -3.96. The molecular weight excluding hydrogens is 363 g/mol. The van der Waals surface area contributed by atoms with Crippen LogP contribution in [0.2, 0.25) is 10.0 Å². The van der Waals surface area contributed by atoms with Crippen LogP contribution in [0.4, 0.5) is 11.4 Å². The van der Waals surface area contributed by atoms with Crippen molar-refractivity contribution < 1.29 is 17.9 Å². The molecule has 9 heteroatoms. The van der Waals surface area contributed by atoms with Gasteiger partial charge in [0.2, 0.25) is 0 Å². The van der Waals surface area contributed by atoms with E-state index in [1.165, 1.54) is 24.3 Å². The highest BCUT2D eigenvalue weighted by molar-refractivity contribution is 7.92. The maximum Gasteiger partial charge on any atom is 0.265 e. The van der Waals surface area contributed by atoms with E-state index >= 15 is 0 Å². The molecule has 0 unspecified atom stereocenters. The lowest BCUT2D eigenvalue weighted by Gasteiger charge is -2.21. The number of hydrogen-bond donors (Lipinski definition) is 2. The fourth-order valence-corrected chi connectivity index (χ4v) is 3.72. The van der Waals surface area contributed by atoms with E-state index < -0.39 is 10.0 Å². The van der Waals surface area contributed by atoms with Gasteiger partial charge in [-0.3, -0.25) is 9.52 Å². The van der Waals surface area contributed by atoms with Crippen molar-refractivity contribution in [1.29, 1.82) is 0 Å². The lowest BCUT2D eigenvalue weighted by molar-refractivity contribution is -0.118. The zero-order chi connectivity index (χ0) is 16.6. The molecule has 0 aliphatic carbocycles. The highest BCUT2D eigenvalue weighted by Crippen LogP contribution is 2.38. The van der Waals surface area contributed by atoms with Crippen LogP contribution in [-0.4, -0.2) is 20.9 Å². The highest BCUT2D eigenvalue weighted by Gasteiger charge is 2.27. The van der Waals surface area contributed by atoms with Crippen LogP contribution in [0.5, 0.6) is 5.75 Å². The van der Waals surface area contributed by atoms with Crippen LogP contribution in [0.1, 0.15) is 0 Å². The van der Waals surface area contributed by atoms with Crippen molar-refractivity contribution >= 4 is 50.5 Å². The Morgan fingerprint density at radius 3 is 2.48 bits per heavy atom. The average Bonchev–Trinajstić information content (AvgIpc) is 2.48. The molecule has 2 aromatic rings. The van der Waals surface area contributed by atoms with E-state index in [0.29, 0.717) is 10.7 Å². The van der Waals surface area contributed by atoms with Crippen molar-refractivity contribution in [3.63, 3.8) is 0 Å². The summed E-state index contributed by atoms with van der Waals surface area (Å²) in [4.78, 5) is 11.2. The minimum absolute atomic E-state index is 0.0514. The molecule has 1 amide bonds. The summed E-state index contributed by atoms with van der Waals surface area (Å²) in [6, 6.07) is 8.86. The summed E-state index contributed by atoms with van der Waals surface area (Å²) in [5.74, 6) is -0.329. The second kappa shape index (κ2) is 5.92. The number of carbonyl (C=O) groups excluding carboxylic acids is 1. The van der Waals surface area contributed by atoms with Gasteiger partial charge >= 0.3 is 0 Å². The molecule has 1 heterocycles. The van der Waals surface area contributed by atoms with Crippen molar-refractivity contribution in [1.82, 2.24) is 0 Å². The van der Waals surface area contributed by atoms with Crippen LogP contribution < -0.4 is 14.8 Å². The van der Waals surface area contributed by atoms with Gasteiger partial charge in [0.25, 0.3) is 15.9 Å². The summed E-state index contributed by atoms with van der Waals surface area (Å²) in [5, 5.41) is 3.17. The zero-order valence-corrected chi connectivity index (χ0v) is 13.8. The molecule has 0 saturated heterocycles. The molecule has 0 radical (unpaired) electrons. The SMILES string of the molecule is O=C1COc2c(cc(Cl)cc2S(=O)(=O)Nc2ccc(Cl)cc2)N1. The van der Waals surface area contributed by atoms with Gasteiger partial charge in [0.05, 0.1) is 5.69 Å². The number of benzene rings is 2. The molecule has 0 fully saturated rings. The summed E-state index contributed by atoms with van der Waals surface area (Å²) >= 11 is 11.7. The molecule has 2 aromatic carbocycles. The first-order valence-electron chi connectivity index (χ1n) is 6.40. The van der Waals surface area contributed by atoms with Gasteiger partial charge in [0.1, 0.15) is 4.90 Å². The number of anilines is 2. The number of halogens is 2. The molecule has 120 valence electrons. The number of nitrogens with one attached hydrogen (secondary N) is 2. The number of hydrogen-bond acceptors (Lipinski definition) is 4. The van der Waals surface area contributed by atoms with E-state index in [0.717, 1.165) is 0 Å². The number of fused-ring (bicyclic) bond motifs is 1. The van der Waals surface area contributed by atoms with Gasteiger partial charge in [0.15, 0.2) is 12.4 Å². The Kier molecular flexibility index (Phi) is 4.09. The van der Waals surface area contributed by atoms with Gasteiger partial charge in [-0.2, -0.15) is 0 Å². The number of rotatable bonds is 3. The molecule has 23 heavy (non-hydrogen) atoms. The van der Waals surface area contributed by atoms with Crippen molar-refractivity contribution in [3.8, 4) is 5.75 Å². The zero-order valence-electron chi connectivity index (χ0n) is 11.5. The quantitative estimate of drug-likeness (QED) is 0.866.